The number of allylic oxidation sites excluding steroid dienone is 1. The molecule has 3 heteroatoms. The summed E-state index contributed by atoms with van der Waals surface area (Å²) in [7, 11) is 0. The molecule has 104 valence electrons. The summed E-state index contributed by atoms with van der Waals surface area (Å²) in [6.45, 7) is 5.99. The van der Waals surface area contributed by atoms with E-state index >= 15 is 0 Å². The Morgan fingerprint density at radius 3 is 2.76 bits per heavy atom. The van der Waals surface area contributed by atoms with Crippen molar-refractivity contribution < 1.29 is 0 Å². The van der Waals surface area contributed by atoms with Crippen LogP contribution in [0.2, 0.25) is 0 Å². The molecule has 0 fully saturated rings. The Morgan fingerprint density at radius 2 is 2.10 bits per heavy atom. The Labute approximate surface area is 132 Å². The second kappa shape index (κ2) is 5.70. The quantitative estimate of drug-likeness (QED) is 0.619. The van der Waals surface area contributed by atoms with Crippen LogP contribution >= 0.6 is 15.9 Å². The normalized spacial score (nSPS) is 11.3. The number of halogens is 1. The maximum absolute atomic E-state index is 4.50. The minimum absolute atomic E-state index is 0.904. The lowest BCUT2D eigenvalue weighted by atomic mass is 10.1. The highest BCUT2D eigenvalue weighted by molar-refractivity contribution is 9.10. The summed E-state index contributed by atoms with van der Waals surface area (Å²) >= 11 is 3.56. The molecule has 1 aromatic carbocycles. The molecule has 3 rings (SSSR count). The van der Waals surface area contributed by atoms with Crippen molar-refractivity contribution in [3.05, 3.63) is 71.0 Å². The average Bonchev–Trinajstić information content (AvgIpc) is 2.81. The lowest BCUT2D eigenvalue weighted by molar-refractivity contribution is 1.03. The van der Waals surface area contributed by atoms with Gasteiger partial charge in [-0.2, -0.15) is 0 Å². The van der Waals surface area contributed by atoms with Gasteiger partial charge in [-0.15, -0.1) is 0 Å². The van der Waals surface area contributed by atoms with Gasteiger partial charge in [-0.05, 0) is 37.3 Å². The van der Waals surface area contributed by atoms with Crippen molar-refractivity contribution in [3.63, 3.8) is 0 Å². The van der Waals surface area contributed by atoms with Crippen LogP contribution in [0.4, 0.5) is 0 Å². The number of pyridine rings is 1. The molecule has 0 amide bonds. The van der Waals surface area contributed by atoms with Gasteiger partial charge in [0.05, 0.1) is 11.2 Å². The summed E-state index contributed by atoms with van der Waals surface area (Å²) in [5.74, 6) is 0.904. The number of aromatic nitrogens is 2. The fraction of sp³-hybridized carbons (Fsp3) is 0.0556. The molecule has 0 aliphatic rings. The Balaban J connectivity index is 2.48. The SMILES string of the molecule is C=Cc1c(/C=C\C)n(-c2ccccn2)c2cc(Br)ccc12. The monoisotopic (exact) mass is 338 g/mol. The van der Waals surface area contributed by atoms with Crippen LogP contribution in [0, 0.1) is 0 Å². The summed E-state index contributed by atoms with van der Waals surface area (Å²) in [4.78, 5) is 4.50. The summed E-state index contributed by atoms with van der Waals surface area (Å²) in [5, 5.41) is 1.17. The van der Waals surface area contributed by atoms with Gasteiger partial charge in [0.15, 0.2) is 0 Å². The predicted octanol–water partition coefficient (Wildman–Crippen LogP) is 5.46. The fourth-order valence-electron chi connectivity index (χ4n) is 2.58. The zero-order valence-corrected chi connectivity index (χ0v) is 13.3. The first-order chi connectivity index (χ1) is 10.3. The van der Waals surface area contributed by atoms with Crippen LogP contribution in [0.1, 0.15) is 18.2 Å². The molecule has 0 spiro atoms. The third-order valence-electron chi connectivity index (χ3n) is 3.41. The van der Waals surface area contributed by atoms with Crippen molar-refractivity contribution in [2.24, 2.45) is 0 Å². The third kappa shape index (κ3) is 2.34. The maximum Gasteiger partial charge on any atom is 0.137 e. The predicted molar refractivity (Wildman–Crippen MR) is 93.6 cm³/mol. The highest BCUT2D eigenvalue weighted by Crippen LogP contribution is 2.32. The van der Waals surface area contributed by atoms with Crippen molar-refractivity contribution in [1.82, 2.24) is 9.55 Å². The van der Waals surface area contributed by atoms with Crippen LogP contribution in [0.5, 0.6) is 0 Å². The molecule has 2 nitrogen and oxygen atoms in total. The highest BCUT2D eigenvalue weighted by atomic mass is 79.9. The minimum atomic E-state index is 0.904. The molecule has 2 aromatic heterocycles. The highest BCUT2D eigenvalue weighted by Gasteiger charge is 2.15. The third-order valence-corrected chi connectivity index (χ3v) is 3.91. The van der Waals surface area contributed by atoms with Crippen molar-refractivity contribution >= 4 is 39.0 Å². The number of fused-ring (bicyclic) bond motifs is 1. The first kappa shape index (κ1) is 13.8. The molecule has 0 aliphatic carbocycles. The molecule has 0 saturated heterocycles. The van der Waals surface area contributed by atoms with Gasteiger partial charge >= 0.3 is 0 Å². The van der Waals surface area contributed by atoms with Gasteiger partial charge in [0, 0.05) is 21.6 Å². The zero-order valence-electron chi connectivity index (χ0n) is 11.8. The van der Waals surface area contributed by atoms with Gasteiger partial charge in [0.1, 0.15) is 5.82 Å². The van der Waals surface area contributed by atoms with Gasteiger partial charge in [-0.1, -0.05) is 46.8 Å². The van der Waals surface area contributed by atoms with E-state index in [2.05, 4.69) is 56.3 Å². The Hall–Kier alpha value is -2.13. The van der Waals surface area contributed by atoms with Crippen molar-refractivity contribution in [2.45, 2.75) is 6.92 Å². The summed E-state index contributed by atoms with van der Waals surface area (Å²) < 4.78 is 3.21. The summed E-state index contributed by atoms with van der Waals surface area (Å²) in [6, 6.07) is 12.2. The van der Waals surface area contributed by atoms with E-state index < -0.39 is 0 Å². The van der Waals surface area contributed by atoms with Gasteiger partial charge in [0.25, 0.3) is 0 Å². The van der Waals surface area contributed by atoms with E-state index in [4.69, 9.17) is 0 Å². The Kier molecular flexibility index (Phi) is 3.76. The molecule has 0 aliphatic heterocycles. The Bertz CT molecular complexity index is 829. The molecular weight excluding hydrogens is 324 g/mol. The van der Waals surface area contributed by atoms with Gasteiger partial charge in [0.2, 0.25) is 0 Å². The topological polar surface area (TPSA) is 17.8 Å². The van der Waals surface area contributed by atoms with Gasteiger partial charge in [-0.25, -0.2) is 4.98 Å². The first-order valence-corrected chi connectivity index (χ1v) is 7.56. The zero-order chi connectivity index (χ0) is 14.8. The molecule has 0 unspecified atom stereocenters. The number of benzene rings is 1. The molecule has 0 bridgehead atoms. The number of hydrogen-bond donors (Lipinski definition) is 0. The molecule has 21 heavy (non-hydrogen) atoms. The second-order valence-electron chi connectivity index (χ2n) is 4.69. The summed E-state index contributed by atoms with van der Waals surface area (Å²) in [6.07, 6.45) is 7.85. The van der Waals surface area contributed by atoms with Gasteiger partial charge < -0.3 is 0 Å². The van der Waals surface area contributed by atoms with Gasteiger partial charge in [-0.3, -0.25) is 4.57 Å². The van der Waals surface area contributed by atoms with Crippen molar-refractivity contribution in [2.75, 3.05) is 0 Å². The van der Waals surface area contributed by atoms with E-state index in [0.717, 1.165) is 27.1 Å². The molecule has 2 heterocycles. The van der Waals surface area contributed by atoms with Crippen LogP contribution in [0.3, 0.4) is 0 Å². The summed E-state index contributed by atoms with van der Waals surface area (Å²) in [5.41, 5.74) is 3.34. The standard InChI is InChI=1S/C18H15BrN2/c1-3-7-16-14(4-2)15-10-9-13(19)12-17(15)21(16)18-8-5-6-11-20-18/h3-12H,2H2,1H3/b7-3-. The molecular formula is C18H15BrN2. The lowest BCUT2D eigenvalue weighted by Gasteiger charge is -2.07. The fourth-order valence-corrected chi connectivity index (χ4v) is 2.92. The van der Waals surface area contributed by atoms with Crippen molar-refractivity contribution in [1.29, 1.82) is 0 Å². The molecule has 0 atom stereocenters. The molecule has 0 N–H and O–H groups in total. The number of nitrogens with zero attached hydrogens (tertiary/aromatic N) is 2. The molecule has 3 aromatic rings. The maximum atomic E-state index is 4.50. The Morgan fingerprint density at radius 1 is 1.24 bits per heavy atom. The first-order valence-electron chi connectivity index (χ1n) is 6.76. The minimum Gasteiger partial charge on any atom is -0.294 e. The van der Waals surface area contributed by atoms with Crippen LogP contribution in [-0.2, 0) is 0 Å². The van der Waals surface area contributed by atoms with E-state index in [1.54, 1.807) is 0 Å². The van der Waals surface area contributed by atoms with E-state index in [1.165, 1.54) is 5.39 Å². The number of hydrogen-bond acceptors (Lipinski definition) is 1. The van der Waals surface area contributed by atoms with Crippen LogP contribution in [-0.4, -0.2) is 9.55 Å². The lowest BCUT2D eigenvalue weighted by Crippen LogP contribution is -1.99. The smallest absolute Gasteiger partial charge is 0.137 e. The van der Waals surface area contributed by atoms with E-state index in [-0.39, 0.29) is 0 Å². The number of rotatable bonds is 3. The van der Waals surface area contributed by atoms with Crippen LogP contribution < -0.4 is 0 Å². The largest absolute Gasteiger partial charge is 0.294 e. The van der Waals surface area contributed by atoms with Crippen LogP contribution in [0.15, 0.2) is 59.7 Å². The molecule has 0 radical (unpaired) electrons. The van der Waals surface area contributed by atoms with Crippen LogP contribution in [0.25, 0.3) is 28.9 Å². The van der Waals surface area contributed by atoms with E-state index in [0.29, 0.717) is 0 Å². The van der Waals surface area contributed by atoms with E-state index in [1.807, 2.05) is 43.5 Å². The average molecular weight is 339 g/mol. The second-order valence-corrected chi connectivity index (χ2v) is 5.60. The van der Waals surface area contributed by atoms with Crippen molar-refractivity contribution in [3.8, 4) is 5.82 Å². The van der Waals surface area contributed by atoms with E-state index in [9.17, 15) is 0 Å². The molecule has 0 saturated carbocycles.